The van der Waals surface area contributed by atoms with E-state index in [9.17, 15) is 14.7 Å². The van der Waals surface area contributed by atoms with Crippen molar-refractivity contribution >= 4 is 11.9 Å². The van der Waals surface area contributed by atoms with Crippen molar-refractivity contribution in [1.82, 2.24) is 10.5 Å². The highest BCUT2D eigenvalue weighted by molar-refractivity contribution is 5.80. The number of carbonyl (C=O) groups is 2. The van der Waals surface area contributed by atoms with Gasteiger partial charge in [0, 0.05) is 6.07 Å². The monoisotopic (exact) mass is 302 g/mol. The molecule has 0 aliphatic carbocycles. The number of nitrogens with one attached hydrogen (secondary N) is 1. The SMILES string of the molecule is Cc1cc(CC(=O)NC(c2ccccc2)C(C)C(=O)O)no1. The van der Waals surface area contributed by atoms with Crippen LogP contribution in [0, 0.1) is 12.8 Å². The van der Waals surface area contributed by atoms with Gasteiger partial charge in [-0.2, -0.15) is 0 Å². The minimum absolute atomic E-state index is 0.0486. The Bertz CT molecular complexity index is 651. The third-order valence-electron chi connectivity index (χ3n) is 3.38. The zero-order valence-electron chi connectivity index (χ0n) is 12.4. The quantitative estimate of drug-likeness (QED) is 0.852. The molecule has 6 nitrogen and oxygen atoms in total. The average Bonchev–Trinajstić information content (AvgIpc) is 2.90. The molecule has 2 atom stereocenters. The second-order valence-electron chi connectivity index (χ2n) is 5.19. The fourth-order valence-corrected chi connectivity index (χ4v) is 2.19. The number of amides is 1. The molecule has 2 rings (SSSR count). The van der Waals surface area contributed by atoms with Crippen LogP contribution >= 0.6 is 0 Å². The topological polar surface area (TPSA) is 92.4 Å². The first-order chi connectivity index (χ1) is 10.5. The minimum atomic E-state index is -0.966. The Morgan fingerprint density at radius 1 is 1.32 bits per heavy atom. The number of aryl methyl sites for hydroxylation is 1. The summed E-state index contributed by atoms with van der Waals surface area (Å²) in [6.07, 6.45) is 0.0486. The van der Waals surface area contributed by atoms with Crippen molar-refractivity contribution < 1.29 is 19.2 Å². The standard InChI is InChI=1S/C16H18N2O4/c1-10-8-13(18-22-10)9-14(19)17-15(11(2)16(20)21)12-6-4-3-5-7-12/h3-8,11,15H,9H2,1-2H3,(H,17,19)(H,20,21). The molecule has 6 heteroatoms. The number of carbonyl (C=O) groups excluding carboxylic acids is 1. The van der Waals surface area contributed by atoms with E-state index in [0.717, 1.165) is 5.56 Å². The van der Waals surface area contributed by atoms with E-state index < -0.39 is 17.9 Å². The molecule has 0 bridgehead atoms. The summed E-state index contributed by atoms with van der Waals surface area (Å²) in [5.74, 6) is -1.38. The molecule has 0 aliphatic rings. The van der Waals surface area contributed by atoms with Gasteiger partial charge >= 0.3 is 5.97 Å². The molecule has 2 aromatic rings. The van der Waals surface area contributed by atoms with Crippen molar-refractivity contribution in [3.8, 4) is 0 Å². The summed E-state index contributed by atoms with van der Waals surface area (Å²) in [6.45, 7) is 3.31. The van der Waals surface area contributed by atoms with Gasteiger partial charge in [-0.25, -0.2) is 0 Å². The maximum atomic E-state index is 12.1. The molecule has 0 spiro atoms. The number of benzene rings is 1. The van der Waals surface area contributed by atoms with Gasteiger partial charge in [0.05, 0.1) is 24.1 Å². The zero-order valence-corrected chi connectivity index (χ0v) is 12.4. The number of aliphatic carboxylic acids is 1. The lowest BCUT2D eigenvalue weighted by atomic mass is 9.94. The van der Waals surface area contributed by atoms with E-state index in [1.807, 2.05) is 18.2 Å². The molecule has 0 aliphatic heterocycles. The van der Waals surface area contributed by atoms with Gasteiger partial charge in [0.25, 0.3) is 0 Å². The Labute approximate surface area is 128 Å². The van der Waals surface area contributed by atoms with Crippen LogP contribution in [0.4, 0.5) is 0 Å². The van der Waals surface area contributed by atoms with Crippen LogP contribution in [-0.4, -0.2) is 22.1 Å². The van der Waals surface area contributed by atoms with Crippen LogP contribution in [0.25, 0.3) is 0 Å². The predicted octanol–water partition coefficient (Wildman–Crippen LogP) is 2.10. The van der Waals surface area contributed by atoms with E-state index in [1.165, 1.54) is 0 Å². The van der Waals surface area contributed by atoms with Gasteiger partial charge in [-0.05, 0) is 19.4 Å². The average molecular weight is 302 g/mol. The summed E-state index contributed by atoms with van der Waals surface area (Å²) in [6, 6.07) is 10.1. The van der Waals surface area contributed by atoms with E-state index in [-0.39, 0.29) is 12.3 Å². The number of rotatable bonds is 6. The van der Waals surface area contributed by atoms with E-state index in [1.54, 1.807) is 32.0 Å². The second kappa shape index (κ2) is 6.89. The highest BCUT2D eigenvalue weighted by Gasteiger charge is 2.26. The lowest BCUT2D eigenvalue weighted by Crippen LogP contribution is -2.36. The first-order valence-corrected chi connectivity index (χ1v) is 6.96. The molecule has 1 amide bonds. The van der Waals surface area contributed by atoms with Gasteiger partial charge in [-0.15, -0.1) is 0 Å². The second-order valence-corrected chi connectivity index (χ2v) is 5.19. The first-order valence-electron chi connectivity index (χ1n) is 6.96. The van der Waals surface area contributed by atoms with Crippen LogP contribution < -0.4 is 5.32 Å². The van der Waals surface area contributed by atoms with Gasteiger partial charge < -0.3 is 14.9 Å². The first kappa shape index (κ1) is 15.8. The van der Waals surface area contributed by atoms with E-state index in [2.05, 4.69) is 10.5 Å². The van der Waals surface area contributed by atoms with Gasteiger partial charge in [0.1, 0.15) is 5.76 Å². The number of carboxylic acids is 1. The number of aromatic nitrogens is 1. The molecule has 1 aromatic carbocycles. The number of carboxylic acid groups (broad SMARTS) is 1. The maximum Gasteiger partial charge on any atom is 0.308 e. The molecule has 0 radical (unpaired) electrons. The third kappa shape index (κ3) is 3.94. The van der Waals surface area contributed by atoms with Crippen LogP contribution in [0.5, 0.6) is 0 Å². The van der Waals surface area contributed by atoms with E-state index >= 15 is 0 Å². The lowest BCUT2D eigenvalue weighted by Gasteiger charge is -2.22. The molecule has 2 unspecified atom stereocenters. The summed E-state index contributed by atoms with van der Waals surface area (Å²) >= 11 is 0. The summed E-state index contributed by atoms with van der Waals surface area (Å²) in [5, 5.41) is 15.8. The Hall–Kier alpha value is -2.63. The Balaban J connectivity index is 2.12. The highest BCUT2D eigenvalue weighted by Crippen LogP contribution is 2.22. The fourth-order valence-electron chi connectivity index (χ4n) is 2.19. The van der Waals surface area contributed by atoms with E-state index in [0.29, 0.717) is 11.5 Å². The molecule has 0 saturated carbocycles. The third-order valence-corrected chi connectivity index (χ3v) is 3.38. The molecule has 22 heavy (non-hydrogen) atoms. The Morgan fingerprint density at radius 3 is 2.55 bits per heavy atom. The maximum absolute atomic E-state index is 12.1. The van der Waals surface area contributed by atoms with E-state index in [4.69, 9.17) is 4.52 Å². The summed E-state index contributed by atoms with van der Waals surface area (Å²) < 4.78 is 4.92. The minimum Gasteiger partial charge on any atom is -0.481 e. The smallest absolute Gasteiger partial charge is 0.308 e. The molecule has 2 N–H and O–H groups in total. The van der Waals surface area contributed by atoms with Crippen molar-refractivity contribution in [3.05, 3.63) is 53.4 Å². The van der Waals surface area contributed by atoms with Gasteiger partial charge in [0.15, 0.2) is 0 Å². The molecule has 1 heterocycles. The normalized spacial score (nSPS) is 13.4. The van der Waals surface area contributed by atoms with Gasteiger partial charge in [0.2, 0.25) is 5.91 Å². The molecule has 116 valence electrons. The molecule has 1 aromatic heterocycles. The fraction of sp³-hybridized carbons (Fsp3) is 0.312. The van der Waals surface area contributed by atoms with Crippen molar-refractivity contribution in [3.63, 3.8) is 0 Å². The van der Waals surface area contributed by atoms with Crippen molar-refractivity contribution in [1.29, 1.82) is 0 Å². The van der Waals surface area contributed by atoms with Crippen LogP contribution in [-0.2, 0) is 16.0 Å². The summed E-state index contributed by atoms with van der Waals surface area (Å²) in [7, 11) is 0. The Kier molecular flexibility index (Phi) is 4.93. The van der Waals surface area contributed by atoms with Crippen molar-refractivity contribution in [2.45, 2.75) is 26.3 Å². The predicted molar refractivity (Wildman–Crippen MR) is 79.1 cm³/mol. The number of hydrogen-bond acceptors (Lipinski definition) is 4. The molecular weight excluding hydrogens is 284 g/mol. The van der Waals surface area contributed by atoms with Gasteiger partial charge in [-0.3, -0.25) is 9.59 Å². The van der Waals surface area contributed by atoms with Crippen molar-refractivity contribution in [2.24, 2.45) is 5.92 Å². The largest absolute Gasteiger partial charge is 0.481 e. The van der Waals surface area contributed by atoms with Crippen molar-refractivity contribution in [2.75, 3.05) is 0 Å². The highest BCUT2D eigenvalue weighted by atomic mass is 16.5. The van der Waals surface area contributed by atoms with Crippen LogP contribution in [0.15, 0.2) is 40.9 Å². The number of nitrogens with zero attached hydrogens (tertiary/aromatic N) is 1. The zero-order chi connectivity index (χ0) is 16.1. The van der Waals surface area contributed by atoms with Crippen LogP contribution in [0.2, 0.25) is 0 Å². The summed E-state index contributed by atoms with van der Waals surface area (Å²) in [5.41, 5.74) is 1.27. The molecule has 0 saturated heterocycles. The lowest BCUT2D eigenvalue weighted by molar-refractivity contribution is -0.142. The number of hydrogen-bond donors (Lipinski definition) is 2. The molecular formula is C16H18N2O4. The van der Waals surface area contributed by atoms with Crippen LogP contribution in [0.3, 0.4) is 0 Å². The van der Waals surface area contributed by atoms with Crippen LogP contribution in [0.1, 0.15) is 30.0 Å². The summed E-state index contributed by atoms with van der Waals surface area (Å²) in [4.78, 5) is 23.4. The Morgan fingerprint density at radius 2 is 2.00 bits per heavy atom. The molecule has 0 fully saturated rings. The van der Waals surface area contributed by atoms with Gasteiger partial charge in [-0.1, -0.05) is 35.5 Å².